The molecule has 1 aromatic rings. The summed E-state index contributed by atoms with van der Waals surface area (Å²) in [6.45, 7) is 5.49. The number of hydrogen-bond acceptors (Lipinski definition) is 5. The zero-order chi connectivity index (χ0) is 11.4. The maximum absolute atomic E-state index is 5.48. The fraction of sp³-hybridized carbons (Fsp3) is 0.636. The molecular weight excluding hydrogens is 202 g/mol. The molecule has 1 aliphatic rings. The highest BCUT2D eigenvalue weighted by Gasteiger charge is 2.22. The van der Waals surface area contributed by atoms with Crippen LogP contribution in [0.3, 0.4) is 0 Å². The molecule has 88 valence electrons. The van der Waals surface area contributed by atoms with E-state index in [0.717, 1.165) is 18.9 Å². The Bertz CT molecular complexity index is 324. The van der Waals surface area contributed by atoms with Crippen molar-refractivity contribution in [3.63, 3.8) is 0 Å². The number of aromatic nitrogens is 2. The lowest BCUT2D eigenvalue weighted by molar-refractivity contribution is 0.277. The monoisotopic (exact) mass is 221 g/mol. The van der Waals surface area contributed by atoms with E-state index in [2.05, 4.69) is 27.3 Å². The SMILES string of the molecule is CCN1CCCC1CNc1ccc(N)nn1. The van der Waals surface area contributed by atoms with Gasteiger partial charge in [-0.1, -0.05) is 6.92 Å². The number of rotatable bonds is 4. The topological polar surface area (TPSA) is 67.1 Å². The maximum atomic E-state index is 5.48. The Morgan fingerprint density at radius 2 is 2.38 bits per heavy atom. The fourth-order valence-electron chi connectivity index (χ4n) is 2.20. The van der Waals surface area contributed by atoms with Crippen molar-refractivity contribution in [3.8, 4) is 0 Å². The van der Waals surface area contributed by atoms with Crippen molar-refractivity contribution < 1.29 is 0 Å². The minimum absolute atomic E-state index is 0.460. The van der Waals surface area contributed by atoms with Gasteiger partial charge in [0, 0.05) is 12.6 Å². The summed E-state index contributed by atoms with van der Waals surface area (Å²) < 4.78 is 0. The van der Waals surface area contributed by atoms with Gasteiger partial charge in [0.25, 0.3) is 0 Å². The number of nitrogens with zero attached hydrogens (tertiary/aromatic N) is 3. The average Bonchev–Trinajstić information content (AvgIpc) is 2.76. The third-order valence-corrected chi connectivity index (χ3v) is 3.11. The Kier molecular flexibility index (Phi) is 3.56. The molecule has 1 aliphatic heterocycles. The summed E-state index contributed by atoms with van der Waals surface area (Å²) in [5, 5.41) is 11.1. The van der Waals surface area contributed by atoms with Crippen LogP contribution in [0, 0.1) is 0 Å². The largest absolute Gasteiger partial charge is 0.382 e. The summed E-state index contributed by atoms with van der Waals surface area (Å²) in [5.41, 5.74) is 5.48. The lowest BCUT2D eigenvalue weighted by atomic mass is 10.2. The molecule has 0 aliphatic carbocycles. The fourth-order valence-corrected chi connectivity index (χ4v) is 2.20. The van der Waals surface area contributed by atoms with Crippen LogP contribution in [0.2, 0.25) is 0 Å². The Labute approximate surface area is 96.0 Å². The van der Waals surface area contributed by atoms with Gasteiger partial charge in [-0.2, -0.15) is 0 Å². The van der Waals surface area contributed by atoms with E-state index in [1.54, 1.807) is 6.07 Å². The Balaban J connectivity index is 1.85. The van der Waals surface area contributed by atoms with Gasteiger partial charge in [0.05, 0.1) is 0 Å². The highest BCUT2D eigenvalue weighted by atomic mass is 15.2. The third-order valence-electron chi connectivity index (χ3n) is 3.11. The summed E-state index contributed by atoms with van der Waals surface area (Å²) in [6, 6.07) is 4.26. The zero-order valence-electron chi connectivity index (χ0n) is 9.69. The van der Waals surface area contributed by atoms with Crippen molar-refractivity contribution in [2.45, 2.75) is 25.8 Å². The molecule has 1 atom stereocenters. The van der Waals surface area contributed by atoms with Crippen LogP contribution in [0.4, 0.5) is 11.6 Å². The number of nitrogens with two attached hydrogens (primary N) is 1. The number of nitrogens with one attached hydrogen (secondary N) is 1. The summed E-state index contributed by atoms with van der Waals surface area (Å²) in [4.78, 5) is 2.50. The predicted molar refractivity (Wildman–Crippen MR) is 65.2 cm³/mol. The first kappa shape index (κ1) is 11.1. The molecule has 0 aromatic carbocycles. The van der Waals surface area contributed by atoms with Gasteiger partial charge in [-0.05, 0) is 38.1 Å². The number of hydrogen-bond donors (Lipinski definition) is 2. The second-order valence-electron chi connectivity index (χ2n) is 4.15. The molecule has 5 nitrogen and oxygen atoms in total. The van der Waals surface area contributed by atoms with E-state index in [9.17, 15) is 0 Å². The number of likely N-dealkylation sites (N-methyl/N-ethyl adjacent to an activating group) is 1. The molecule has 1 fully saturated rings. The van der Waals surface area contributed by atoms with Gasteiger partial charge in [0.2, 0.25) is 0 Å². The first-order valence-corrected chi connectivity index (χ1v) is 5.86. The second-order valence-corrected chi connectivity index (χ2v) is 4.15. The molecule has 3 N–H and O–H groups in total. The summed E-state index contributed by atoms with van der Waals surface area (Å²) in [5.74, 6) is 1.26. The molecule has 0 spiro atoms. The van der Waals surface area contributed by atoms with Crippen molar-refractivity contribution in [2.75, 3.05) is 30.7 Å². The number of anilines is 2. The summed E-state index contributed by atoms with van der Waals surface area (Å²) in [6.07, 6.45) is 2.57. The molecule has 1 saturated heterocycles. The van der Waals surface area contributed by atoms with Gasteiger partial charge >= 0.3 is 0 Å². The average molecular weight is 221 g/mol. The van der Waals surface area contributed by atoms with Crippen molar-refractivity contribution in [1.29, 1.82) is 0 Å². The lowest BCUT2D eigenvalue weighted by Gasteiger charge is -2.22. The smallest absolute Gasteiger partial charge is 0.148 e. The van der Waals surface area contributed by atoms with E-state index in [1.807, 2.05) is 6.07 Å². The van der Waals surface area contributed by atoms with Crippen LogP contribution in [-0.4, -0.2) is 40.8 Å². The molecule has 5 heteroatoms. The van der Waals surface area contributed by atoms with Gasteiger partial charge in [0.15, 0.2) is 0 Å². The molecule has 0 amide bonds. The molecule has 16 heavy (non-hydrogen) atoms. The second kappa shape index (κ2) is 5.12. The highest BCUT2D eigenvalue weighted by molar-refractivity contribution is 5.38. The van der Waals surface area contributed by atoms with Crippen molar-refractivity contribution in [3.05, 3.63) is 12.1 Å². The molecule has 1 unspecified atom stereocenters. The van der Waals surface area contributed by atoms with Crippen molar-refractivity contribution >= 4 is 11.6 Å². The number of likely N-dealkylation sites (tertiary alicyclic amines) is 1. The van der Waals surface area contributed by atoms with Crippen molar-refractivity contribution in [1.82, 2.24) is 15.1 Å². The normalized spacial score (nSPS) is 21.2. The Hall–Kier alpha value is -1.36. The van der Waals surface area contributed by atoms with Gasteiger partial charge in [-0.3, -0.25) is 4.90 Å². The maximum Gasteiger partial charge on any atom is 0.148 e. The summed E-state index contributed by atoms with van der Waals surface area (Å²) >= 11 is 0. The first-order chi connectivity index (χ1) is 7.79. The molecule has 2 heterocycles. The first-order valence-electron chi connectivity index (χ1n) is 5.86. The van der Waals surface area contributed by atoms with Crippen LogP contribution in [0.15, 0.2) is 12.1 Å². The Morgan fingerprint density at radius 3 is 3.06 bits per heavy atom. The minimum atomic E-state index is 0.460. The lowest BCUT2D eigenvalue weighted by Crippen LogP contribution is -2.34. The summed E-state index contributed by atoms with van der Waals surface area (Å²) in [7, 11) is 0. The van der Waals surface area contributed by atoms with E-state index >= 15 is 0 Å². The van der Waals surface area contributed by atoms with E-state index in [1.165, 1.54) is 19.4 Å². The van der Waals surface area contributed by atoms with Crippen LogP contribution in [-0.2, 0) is 0 Å². The quantitative estimate of drug-likeness (QED) is 0.792. The van der Waals surface area contributed by atoms with Gasteiger partial charge in [0.1, 0.15) is 11.6 Å². The van der Waals surface area contributed by atoms with E-state index in [0.29, 0.717) is 11.9 Å². The van der Waals surface area contributed by atoms with Gasteiger partial charge in [-0.15, -0.1) is 10.2 Å². The van der Waals surface area contributed by atoms with E-state index in [-0.39, 0.29) is 0 Å². The van der Waals surface area contributed by atoms with Crippen LogP contribution in [0.5, 0.6) is 0 Å². The standard InChI is InChI=1S/C11H19N5/c1-2-16-7-3-4-9(16)8-13-11-6-5-10(12)14-15-11/h5-6,9H,2-4,7-8H2,1H3,(H2,12,14)(H,13,15). The Morgan fingerprint density at radius 1 is 1.50 bits per heavy atom. The molecule has 0 saturated carbocycles. The third kappa shape index (κ3) is 2.61. The van der Waals surface area contributed by atoms with Crippen molar-refractivity contribution in [2.24, 2.45) is 0 Å². The predicted octanol–water partition coefficient (Wildman–Crippen LogP) is 0.955. The minimum Gasteiger partial charge on any atom is -0.382 e. The molecule has 0 radical (unpaired) electrons. The van der Waals surface area contributed by atoms with Crippen LogP contribution < -0.4 is 11.1 Å². The highest BCUT2D eigenvalue weighted by Crippen LogP contribution is 2.16. The number of nitrogen functional groups attached to an aromatic ring is 1. The van der Waals surface area contributed by atoms with E-state index < -0.39 is 0 Å². The van der Waals surface area contributed by atoms with Crippen LogP contribution >= 0.6 is 0 Å². The molecular formula is C11H19N5. The molecule has 0 bridgehead atoms. The molecule has 1 aromatic heterocycles. The zero-order valence-corrected chi connectivity index (χ0v) is 9.69. The van der Waals surface area contributed by atoms with Gasteiger partial charge in [-0.25, -0.2) is 0 Å². The van der Waals surface area contributed by atoms with Crippen LogP contribution in [0.25, 0.3) is 0 Å². The molecule has 2 rings (SSSR count). The van der Waals surface area contributed by atoms with E-state index in [4.69, 9.17) is 5.73 Å². The van der Waals surface area contributed by atoms with Gasteiger partial charge < -0.3 is 11.1 Å². The van der Waals surface area contributed by atoms with Crippen LogP contribution in [0.1, 0.15) is 19.8 Å².